The third kappa shape index (κ3) is 3.53. The molecule has 0 aliphatic heterocycles. The van der Waals surface area contributed by atoms with Crippen LogP contribution in [0.1, 0.15) is 11.1 Å². The first kappa shape index (κ1) is 15.4. The highest BCUT2D eigenvalue weighted by Gasteiger charge is 2.17. The van der Waals surface area contributed by atoms with Gasteiger partial charge in [0.25, 0.3) is 0 Å². The predicted molar refractivity (Wildman–Crippen MR) is 81.1 cm³/mol. The van der Waals surface area contributed by atoms with Crippen LogP contribution in [0, 0.1) is 12.7 Å². The summed E-state index contributed by atoms with van der Waals surface area (Å²) in [6.45, 7) is 1.88. The molecular weight excluding hydrogens is 319 g/mol. The van der Waals surface area contributed by atoms with E-state index in [2.05, 4.69) is 0 Å². The van der Waals surface area contributed by atoms with E-state index >= 15 is 0 Å². The van der Waals surface area contributed by atoms with Crippen LogP contribution in [-0.2, 0) is 14.6 Å². The Morgan fingerprint density at radius 2 is 1.80 bits per heavy atom. The lowest BCUT2D eigenvalue weighted by molar-refractivity contribution is 0.610. The largest absolute Gasteiger partial charge is 0.230 e. The van der Waals surface area contributed by atoms with Crippen molar-refractivity contribution in [3.63, 3.8) is 0 Å². The molecule has 2 nitrogen and oxygen atoms in total. The van der Waals surface area contributed by atoms with Crippen LogP contribution in [0.4, 0.5) is 4.39 Å². The second-order valence-electron chi connectivity index (χ2n) is 4.23. The van der Waals surface area contributed by atoms with Gasteiger partial charge in [-0.25, -0.2) is 12.8 Å². The van der Waals surface area contributed by atoms with Crippen molar-refractivity contribution >= 4 is 31.3 Å². The van der Waals surface area contributed by atoms with Crippen molar-refractivity contribution in [1.82, 2.24) is 0 Å². The van der Waals surface area contributed by atoms with Crippen LogP contribution < -0.4 is 0 Å². The minimum atomic E-state index is -3.52. The Bertz CT molecular complexity index is 692. The van der Waals surface area contributed by atoms with Gasteiger partial charge in [0.1, 0.15) is 5.82 Å². The van der Waals surface area contributed by atoms with Crippen LogP contribution in [0.25, 0.3) is 0 Å². The number of hydrogen-bond acceptors (Lipinski definition) is 3. The molecule has 0 N–H and O–H groups in total. The van der Waals surface area contributed by atoms with Gasteiger partial charge in [-0.1, -0.05) is 35.4 Å². The first-order valence-corrected chi connectivity index (χ1v) is 9.15. The number of halogens is 2. The molecular formula is C14H12ClFO2S2. The standard InChI is InChI=1S/C14H12ClFO2S2/c1-10-5-7-11(8-6-10)20(17,18)19-9-12-13(15)3-2-4-14(12)16/h2-8H,9H2,1H3. The van der Waals surface area contributed by atoms with E-state index in [1.54, 1.807) is 30.3 Å². The first-order chi connectivity index (χ1) is 9.40. The van der Waals surface area contributed by atoms with E-state index in [1.165, 1.54) is 12.1 Å². The second kappa shape index (κ2) is 6.16. The summed E-state index contributed by atoms with van der Waals surface area (Å²) in [6.07, 6.45) is 0. The fraction of sp³-hybridized carbons (Fsp3) is 0.143. The Balaban J connectivity index is 2.20. The molecule has 2 rings (SSSR count). The molecule has 106 valence electrons. The predicted octanol–water partition coefficient (Wildman–Crippen LogP) is 4.41. The van der Waals surface area contributed by atoms with Gasteiger partial charge in [-0.15, -0.1) is 0 Å². The summed E-state index contributed by atoms with van der Waals surface area (Å²) < 4.78 is 37.9. The number of rotatable bonds is 4. The zero-order valence-electron chi connectivity index (χ0n) is 10.6. The van der Waals surface area contributed by atoms with E-state index in [0.29, 0.717) is 10.8 Å². The molecule has 6 heteroatoms. The fourth-order valence-corrected chi connectivity index (χ4v) is 4.62. The fourth-order valence-electron chi connectivity index (χ4n) is 1.58. The molecule has 0 spiro atoms. The van der Waals surface area contributed by atoms with Crippen molar-refractivity contribution in [1.29, 1.82) is 0 Å². The summed E-state index contributed by atoms with van der Waals surface area (Å²) >= 11 is 5.88. The average Bonchev–Trinajstić information content (AvgIpc) is 2.38. The molecule has 0 saturated carbocycles. The number of hydrogen-bond donors (Lipinski definition) is 0. The van der Waals surface area contributed by atoms with Crippen LogP contribution in [0.2, 0.25) is 5.02 Å². The van der Waals surface area contributed by atoms with Gasteiger partial charge < -0.3 is 0 Å². The van der Waals surface area contributed by atoms with E-state index in [0.717, 1.165) is 5.56 Å². The highest BCUT2D eigenvalue weighted by molar-refractivity contribution is 8.71. The molecule has 0 bridgehead atoms. The maximum atomic E-state index is 13.6. The minimum Gasteiger partial charge on any atom is -0.212 e. The van der Waals surface area contributed by atoms with E-state index < -0.39 is 14.7 Å². The third-order valence-electron chi connectivity index (χ3n) is 2.73. The van der Waals surface area contributed by atoms with E-state index in [1.807, 2.05) is 6.92 Å². The lowest BCUT2D eigenvalue weighted by atomic mass is 10.2. The van der Waals surface area contributed by atoms with Crippen molar-refractivity contribution < 1.29 is 12.8 Å². The van der Waals surface area contributed by atoms with Crippen molar-refractivity contribution in [2.24, 2.45) is 0 Å². The lowest BCUT2D eigenvalue weighted by Gasteiger charge is -2.07. The van der Waals surface area contributed by atoms with Crippen LogP contribution >= 0.6 is 22.4 Å². The topological polar surface area (TPSA) is 34.1 Å². The zero-order valence-corrected chi connectivity index (χ0v) is 13.0. The van der Waals surface area contributed by atoms with Crippen molar-refractivity contribution in [2.75, 3.05) is 0 Å². The molecule has 0 aliphatic carbocycles. The Morgan fingerprint density at radius 1 is 1.15 bits per heavy atom. The minimum absolute atomic E-state index is 0.0261. The van der Waals surface area contributed by atoms with Gasteiger partial charge in [0.05, 0.1) is 4.90 Å². The average molecular weight is 331 g/mol. The van der Waals surface area contributed by atoms with Gasteiger partial charge in [-0.05, 0) is 42.0 Å². The van der Waals surface area contributed by atoms with Gasteiger partial charge in [0.2, 0.25) is 8.87 Å². The van der Waals surface area contributed by atoms with E-state index in [4.69, 9.17) is 11.6 Å². The molecule has 0 heterocycles. The lowest BCUT2D eigenvalue weighted by Crippen LogP contribution is -1.98. The highest BCUT2D eigenvalue weighted by Crippen LogP contribution is 2.30. The van der Waals surface area contributed by atoms with Crippen molar-refractivity contribution in [2.45, 2.75) is 17.6 Å². The second-order valence-corrected chi connectivity index (χ2v) is 8.56. The maximum absolute atomic E-state index is 13.6. The molecule has 0 aliphatic rings. The van der Waals surface area contributed by atoms with Crippen LogP contribution in [0.5, 0.6) is 0 Å². The summed E-state index contributed by atoms with van der Waals surface area (Å²) in [4.78, 5) is 0.209. The molecule has 0 aromatic heterocycles. The zero-order chi connectivity index (χ0) is 14.8. The molecule has 2 aromatic carbocycles. The Kier molecular flexibility index (Phi) is 4.73. The molecule has 0 unspecified atom stereocenters. The van der Waals surface area contributed by atoms with Crippen LogP contribution in [-0.4, -0.2) is 8.42 Å². The Morgan fingerprint density at radius 3 is 2.40 bits per heavy atom. The number of aryl methyl sites for hydroxylation is 1. The quantitative estimate of drug-likeness (QED) is 0.779. The molecule has 0 fully saturated rings. The summed E-state index contributed by atoms with van der Waals surface area (Å²) in [5.41, 5.74) is 1.18. The van der Waals surface area contributed by atoms with Crippen molar-refractivity contribution in [3.05, 3.63) is 64.4 Å². The number of benzene rings is 2. The summed E-state index contributed by atoms with van der Waals surface area (Å²) in [7, 11) is -2.85. The van der Waals surface area contributed by atoms with Gasteiger partial charge >= 0.3 is 0 Å². The Hall–Kier alpha value is -1.04. The summed E-state index contributed by atoms with van der Waals surface area (Å²) in [5, 5.41) is 0.233. The molecule has 0 atom stereocenters. The van der Waals surface area contributed by atoms with Gasteiger partial charge in [-0.2, -0.15) is 0 Å². The molecule has 0 saturated heterocycles. The monoisotopic (exact) mass is 330 g/mol. The van der Waals surface area contributed by atoms with Gasteiger partial charge in [0, 0.05) is 16.3 Å². The van der Waals surface area contributed by atoms with Crippen LogP contribution in [0.15, 0.2) is 47.4 Å². The molecule has 0 radical (unpaired) electrons. The SMILES string of the molecule is Cc1ccc(S(=O)(=O)SCc2c(F)cccc2Cl)cc1. The van der Waals surface area contributed by atoms with E-state index in [-0.39, 0.29) is 21.2 Å². The maximum Gasteiger partial charge on any atom is 0.230 e. The van der Waals surface area contributed by atoms with Crippen LogP contribution in [0.3, 0.4) is 0 Å². The third-order valence-corrected chi connectivity index (χ3v) is 6.51. The molecule has 0 amide bonds. The van der Waals surface area contributed by atoms with Crippen molar-refractivity contribution in [3.8, 4) is 0 Å². The van der Waals surface area contributed by atoms with Gasteiger partial charge in [0.15, 0.2) is 0 Å². The van der Waals surface area contributed by atoms with E-state index in [9.17, 15) is 12.8 Å². The highest BCUT2D eigenvalue weighted by atomic mass is 35.5. The first-order valence-electron chi connectivity index (χ1n) is 5.79. The summed E-state index contributed by atoms with van der Waals surface area (Å²) in [6, 6.07) is 10.8. The smallest absolute Gasteiger partial charge is 0.212 e. The van der Waals surface area contributed by atoms with Gasteiger partial charge in [-0.3, -0.25) is 0 Å². The molecule has 20 heavy (non-hydrogen) atoms. The molecule has 2 aromatic rings. The Labute approximate surface area is 126 Å². The normalized spacial score (nSPS) is 11.6. The summed E-state index contributed by atoms with van der Waals surface area (Å²) in [5.74, 6) is -0.522.